The molecule has 0 amide bonds. The van der Waals surface area contributed by atoms with Crippen LogP contribution in [0.3, 0.4) is 0 Å². The Kier molecular flexibility index (Phi) is 72.5. The lowest BCUT2D eigenvalue weighted by atomic mass is 10.0. The van der Waals surface area contributed by atoms with E-state index in [4.69, 9.17) is 37.0 Å². The van der Waals surface area contributed by atoms with Crippen molar-refractivity contribution in [1.82, 2.24) is 0 Å². The smallest absolute Gasteiger partial charge is 0.462 e. The van der Waals surface area contributed by atoms with Crippen LogP contribution in [0.25, 0.3) is 0 Å². The van der Waals surface area contributed by atoms with Crippen LogP contribution in [0.4, 0.5) is 0 Å². The molecule has 0 saturated heterocycles. The minimum absolute atomic E-state index is 0.108. The van der Waals surface area contributed by atoms with Gasteiger partial charge < -0.3 is 33.8 Å². The maximum atomic E-state index is 13.1. The summed E-state index contributed by atoms with van der Waals surface area (Å²) in [6.45, 7) is 7.33. The molecule has 100 heavy (non-hydrogen) atoms. The Labute approximate surface area is 613 Å². The first-order valence-electron chi connectivity index (χ1n) is 42.1. The Balaban J connectivity index is 5.25. The highest BCUT2D eigenvalue weighted by atomic mass is 31.2. The van der Waals surface area contributed by atoms with Gasteiger partial charge in [-0.05, 0) is 31.6 Å². The van der Waals surface area contributed by atoms with Gasteiger partial charge in [-0.3, -0.25) is 37.3 Å². The second-order valence-corrected chi connectivity index (χ2v) is 32.5. The third-order valence-corrected chi connectivity index (χ3v) is 20.9. The van der Waals surface area contributed by atoms with Gasteiger partial charge in [0.1, 0.15) is 19.3 Å². The molecule has 0 aromatic heterocycles. The van der Waals surface area contributed by atoms with Crippen molar-refractivity contribution in [1.29, 1.82) is 0 Å². The zero-order valence-corrected chi connectivity index (χ0v) is 67.1. The molecule has 3 N–H and O–H groups in total. The summed E-state index contributed by atoms with van der Waals surface area (Å²) in [5.41, 5.74) is 0. The van der Waals surface area contributed by atoms with Crippen LogP contribution in [0.15, 0.2) is 0 Å². The Morgan fingerprint density at radius 1 is 0.270 bits per heavy atom. The number of aliphatic hydroxyl groups is 1. The average Bonchev–Trinajstić information content (AvgIpc) is 0.982. The number of aliphatic hydroxyl groups excluding tert-OH is 1. The lowest BCUT2D eigenvalue weighted by Gasteiger charge is -2.21. The van der Waals surface area contributed by atoms with Gasteiger partial charge in [0.2, 0.25) is 0 Å². The van der Waals surface area contributed by atoms with Crippen LogP contribution in [0.1, 0.15) is 433 Å². The fraction of sp³-hybridized carbons (Fsp3) is 0.951. The van der Waals surface area contributed by atoms with Crippen LogP contribution in [0, 0.1) is 5.92 Å². The summed E-state index contributed by atoms with van der Waals surface area (Å²) in [7, 11) is -9.92. The molecule has 594 valence electrons. The molecule has 17 nitrogen and oxygen atoms in total. The fourth-order valence-electron chi connectivity index (χ4n) is 12.6. The molecule has 0 heterocycles. The molecular weight excluding hydrogens is 1310 g/mol. The van der Waals surface area contributed by atoms with Gasteiger partial charge in [0.25, 0.3) is 0 Å². The molecular formula is C81H158O17P2. The first-order valence-corrected chi connectivity index (χ1v) is 45.1. The number of ether oxygens (including phenoxy) is 4. The van der Waals surface area contributed by atoms with E-state index in [2.05, 4.69) is 34.6 Å². The van der Waals surface area contributed by atoms with E-state index in [0.29, 0.717) is 25.7 Å². The lowest BCUT2D eigenvalue weighted by molar-refractivity contribution is -0.161. The van der Waals surface area contributed by atoms with Crippen molar-refractivity contribution in [3.05, 3.63) is 0 Å². The van der Waals surface area contributed by atoms with Gasteiger partial charge in [0.05, 0.1) is 26.4 Å². The molecule has 0 aliphatic rings. The van der Waals surface area contributed by atoms with Crippen molar-refractivity contribution < 1.29 is 80.2 Å². The number of carbonyl (C=O) groups is 4. The molecule has 0 bridgehead atoms. The van der Waals surface area contributed by atoms with Crippen LogP contribution in [-0.2, 0) is 65.4 Å². The number of unbranched alkanes of at least 4 members (excludes halogenated alkanes) is 53. The van der Waals surface area contributed by atoms with Crippen molar-refractivity contribution in [2.24, 2.45) is 5.92 Å². The van der Waals surface area contributed by atoms with E-state index in [0.717, 1.165) is 95.8 Å². The van der Waals surface area contributed by atoms with Crippen LogP contribution in [0.2, 0.25) is 0 Å². The quantitative estimate of drug-likeness (QED) is 0.0222. The monoisotopic (exact) mass is 1470 g/mol. The predicted octanol–water partition coefficient (Wildman–Crippen LogP) is 24.4. The molecule has 19 heteroatoms. The molecule has 0 aliphatic carbocycles. The molecule has 2 unspecified atom stereocenters. The van der Waals surface area contributed by atoms with E-state index in [1.54, 1.807) is 0 Å². The summed E-state index contributed by atoms with van der Waals surface area (Å²) < 4.78 is 68.8. The number of rotatable bonds is 81. The van der Waals surface area contributed by atoms with Crippen LogP contribution in [-0.4, -0.2) is 96.7 Å². The maximum Gasteiger partial charge on any atom is 0.472 e. The summed E-state index contributed by atoms with van der Waals surface area (Å²) >= 11 is 0. The summed E-state index contributed by atoms with van der Waals surface area (Å²) in [5.74, 6) is -1.34. The third kappa shape index (κ3) is 74.3. The Morgan fingerprint density at radius 2 is 0.460 bits per heavy atom. The van der Waals surface area contributed by atoms with Crippen LogP contribution < -0.4 is 0 Å². The second kappa shape index (κ2) is 73.9. The van der Waals surface area contributed by atoms with Crippen molar-refractivity contribution in [2.75, 3.05) is 39.6 Å². The number of phosphoric acid groups is 2. The van der Waals surface area contributed by atoms with Crippen molar-refractivity contribution >= 4 is 39.5 Å². The van der Waals surface area contributed by atoms with Gasteiger partial charge >= 0.3 is 39.5 Å². The summed E-state index contributed by atoms with van der Waals surface area (Å²) in [4.78, 5) is 73.1. The SMILES string of the molecule is CCCCCCCCCCCCCCCCCCCCCC(=O)O[C@H](COC(=O)CCCCCCCCCCCCCCCC)COP(=O)(O)OC[C@@H](O)COP(=O)(O)OC[C@@H](COC(=O)CCCCCCCCCCCCC(C)C)OC(=O)CCCCCCCCCCCCCCCC. The molecule has 0 aromatic carbocycles. The molecule has 0 fully saturated rings. The van der Waals surface area contributed by atoms with Gasteiger partial charge in [-0.2, -0.15) is 0 Å². The van der Waals surface area contributed by atoms with Crippen molar-refractivity contribution in [2.45, 2.75) is 451 Å². The Hall–Kier alpha value is -1.94. The molecule has 0 aliphatic heterocycles. The highest BCUT2D eigenvalue weighted by molar-refractivity contribution is 7.47. The first-order chi connectivity index (χ1) is 48.5. The van der Waals surface area contributed by atoms with E-state index in [-0.39, 0.29) is 25.7 Å². The molecule has 0 radical (unpaired) electrons. The van der Waals surface area contributed by atoms with Gasteiger partial charge in [0.15, 0.2) is 12.2 Å². The average molecular weight is 1470 g/mol. The highest BCUT2D eigenvalue weighted by Crippen LogP contribution is 2.45. The molecule has 5 atom stereocenters. The van der Waals surface area contributed by atoms with Crippen LogP contribution >= 0.6 is 15.6 Å². The van der Waals surface area contributed by atoms with Gasteiger partial charge in [0, 0.05) is 25.7 Å². The number of hydrogen-bond donors (Lipinski definition) is 3. The van der Waals surface area contributed by atoms with E-state index < -0.39 is 97.5 Å². The summed E-state index contributed by atoms with van der Waals surface area (Å²) in [5, 5.41) is 10.6. The fourth-order valence-corrected chi connectivity index (χ4v) is 14.2. The maximum absolute atomic E-state index is 13.1. The minimum Gasteiger partial charge on any atom is -0.462 e. The van der Waals surface area contributed by atoms with E-state index >= 15 is 0 Å². The molecule has 0 aromatic rings. The normalized spacial score (nSPS) is 13.8. The second-order valence-electron chi connectivity index (χ2n) is 29.6. The van der Waals surface area contributed by atoms with E-state index in [1.165, 1.54) is 257 Å². The van der Waals surface area contributed by atoms with Gasteiger partial charge in [-0.25, -0.2) is 9.13 Å². The molecule has 0 rings (SSSR count). The minimum atomic E-state index is -4.96. The number of phosphoric ester groups is 2. The number of hydrogen-bond acceptors (Lipinski definition) is 15. The highest BCUT2D eigenvalue weighted by Gasteiger charge is 2.30. The van der Waals surface area contributed by atoms with E-state index in [9.17, 15) is 43.2 Å². The summed E-state index contributed by atoms with van der Waals surface area (Å²) in [6, 6.07) is 0. The summed E-state index contributed by atoms with van der Waals surface area (Å²) in [6.07, 6.45) is 65.1. The van der Waals surface area contributed by atoms with Gasteiger partial charge in [-0.15, -0.1) is 0 Å². The van der Waals surface area contributed by atoms with E-state index in [1.807, 2.05) is 0 Å². The van der Waals surface area contributed by atoms with Crippen molar-refractivity contribution in [3.8, 4) is 0 Å². The first kappa shape index (κ1) is 98.1. The zero-order chi connectivity index (χ0) is 73.4. The third-order valence-electron chi connectivity index (χ3n) is 19.0. The molecule has 0 saturated carbocycles. The standard InChI is InChI=1S/C81H158O17P2/c1-6-9-12-15-18-21-24-27-30-31-32-33-34-37-40-47-52-57-62-67-81(86)97-76(70-91-78(83)64-59-54-49-44-38-35-28-25-22-19-16-13-10-7-2)72-95-99(87,88)93-68-75(82)69-94-100(89,90)96-73-77(71-92-79(84)65-60-55-50-45-42-41-43-48-53-58-63-74(4)5)98-80(85)66-61-56-51-46-39-36-29-26-23-20-17-14-11-8-3/h74-77,82H,6-73H2,1-5H3,(H,87,88)(H,89,90)/t75-,76-,77-/m1/s1. The lowest BCUT2D eigenvalue weighted by Crippen LogP contribution is -2.30. The zero-order valence-electron chi connectivity index (χ0n) is 65.3. The molecule has 0 spiro atoms. The Morgan fingerprint density at radius 3 is 0.680 bits per heavy atom. The largest absolute Gasteiger partial charge is 0.472 e. The van der Waals surface area contributed by atoms with Gasteiger partial charge in [-0.1, -0.05) is 381 Å². The van der Waals surface area contributed by atoms with Crippen LogP contribution in [0.5, 0.6) is 0 Å². The predicted molar refractivity (Wildman–Crippen MR) is 409 cm³/mol. The number of carbonyl (C=O) groups excluding carboxylic acids is 4. The topological polar surface area (TPSA) is 237 Å². The van der Waals surface area contributed by atoms with Crippen molar-refractivity contribution in [3.63, 3.8) is 0 Å². The number of esters is 4. The Bertz CT molecular complexity index is 1910.